The lowest BCUT2D eigenvalue weighted by molar-refractivity contribution is -0.383. The number of hydrogen-bond donors (Lipinski definition) is 2. The van der Waals surface area contributed by atoms with Gasteiger partial charge in [-0.1, -0.05) is 30.3 Å². The molecule has 0 atom stereocenters. The van der Waals surface area contributed by atoms with Crippen molar-refractivity contribution in [3.63, 3.8) is 0 Å². The molecule has 2 N–H and O–H groups in total. The zero-order valence-electron chi connectivity index (χ0n) is 12.6. The average Bonchev–Trinajstić information content (AvgIpc) is 2.61. The van der Waals surface area contributed by atoms with Crippen LogP contribution in [0.5, 0.6) is 0 Å². The molecule has 24 heavy (non-hydrogen) atoms. The van der Waals surface area contributed by atoms with Gasteiger partial charge in [0.05, 0.1) is 4.92 Å². The maximum absolute atomic E-state index is 11.5. The van der Waals surface area contributed by atoms with Gasteiger partial charge in [0, 0.05) is 24.6 Å². The molecule has 0 saturated carbocycles. The fourth-order valence-corrected chi connectivity index (χ4v) is 2.13. The highest BCUT2D eigenvalue weighted by atomic mass is 16.6. The molecule has 0 fully saturated rings. The van der Waals surface area contributed by atoms with Crippen LogP contribution in [0.4, 0.5) is 23.0 Å². The van der Waals surface area contributed by atoms with E-state index >= 15 is 0 Å². The van der Waals surface area contributed by atoms with E-state index in [0.29, 0.717) is 12.2 Å². The molecule has 2 aromatic heterocycles. The number of nitrogens with one attached hydrogen (secondary N) is 2. The second-order valence-corrected chi connectivity index (χ2v) is 4.88. The smallest absolute Gasteiger partial charge is 0.353 e. The van der Waals surface area contributed by atoms with Crippen molar-refractivity contribution in [2.24, 2.45) is 0 Å². The van der Waals surface area contributed by atoms with Crippen LogP contribution >= 0.6 is 0 Å². The van der Waals surface area contributed by atoms with Crippen LogP contribution in [0.3, 0.4) is 0 Å². The first-order valence-electron chi connectivity index (χ1n) is 7.18. The zero-order chi connectivity index (χ0) is 16.8. The van der Waals surface area contributed by atoms with Crippen LogP contribution in [0.1, 0.15) is 5.56 Å². The molecule has 0 aliphatic rings. The highest BCUT2D eigenvalue weighted by Crippen LogP contribution is 2.31. The van der Waals surface area contributed by atoms with Gasteiger partial charge in [-0.15, -0.1) is 0 Å². The van der Waals surface area contributed by atoms with Crippen molar-refractivity contribution in [3.05, 3.63) is 76.9 Å². The van der Waals surface area contributed by atoms with Crippen molar-refractivity contribution in [2.75, 3.05) is 10.6 Å². The lowest BCUT2D eigenvalue weighted by Crippen LogP contribution is -2.08. The number of anilines is 3. The summed E-state index contributed by atoms with van der Waals surface area (Å²) in [6.07, 6.45) is 4.46. The first kappa shape index (κ1) is 15.3. The van der Waals surface area contributed by atoms with Gasteiger partial charge in [0.2, 0.25) is 11.6 Å². The molecule has 8 heteroatoms. The van der Waals surface area contributed by atoms with Crippen LogP contribution in [0, 0.1) is 10.1 Å². The van der Waals surface area contributed by atoms with Crippen molar-refractivity contribution >= 4 is 23.0 Å². The molecular formula is C16H14N6O2. The molecule has 0 amide bonds. The Morgan fingerprint density at radius 1 is 1.00 bits per heavy atom. The van der Waals surface area contributed by atoms with Crippen LogP contribution in [-0.4, -0.2) is 19.9 Å². The van der Waals surface area contributed by atoms with Crippen LogP contribution in [0.2, 0.25) is 0 Å². The monoisotopic (exact) mass is 322 g/mol. The van der Waals surface area contributed by atoms with E-state index in [1.807, 2.05) is 30.3 Å². The first-order chi connectivity index (χ1) is 11.7. The molecule has 0 bridgehead atoms. The minimum absolute atomic E-state index is 0.122. The van der Waals surface area contributed by atoms with E-state index in [2.05, 4.69) is 25.6 Å². The Morgan fingerprint density at radius 3 is 2.42 bits per heavy atom. The van der Waals surface area contributed by atoms with Crippen molar-refractivity contribution in [3.8, 4) is 0 Å². The van der Waals surface area contributed by atoms with E-state index < -0.39 is 4.92 Å². The summed E-state index contributed by atoms with van der Waals surface area (Å²) in [4.78, 5) is 22.9. The van der Waals surface area contributed by atoms with Crippen LogP contribution in [0.25, 0.3) is 0 Å². The van der Waals surface area contributed by atoms with Gasteiger partial charge in [0.25, 0.3) is 0 Å². The molecule has 0 aliphatic carbocycles. The summed E-state index contributed by atoms with van der Waals surface area (Å²) in [6, 6.07) is 13.0. The molecule has 3 rings (SSSR count). The molecule has 120 valence electrons. The van der Waals surface area contributed by atoms with Crippen molar-refractivity contribution in [1.29, 1.82) is 0 Å². The van der Waals surface area contributed by atoms with E-state index in [1.165, 1.54) is 6.33 Å². The third-order valence-electron chi connectivity index (χ3n) is 3.25. The first-order valence-corrected chi connectivity index (χ1v) is 7.18. The summed E-state index contributed by atoms with van der Waals surface area (Å²) in [7, 11) is 0. The second kappa shape index (κ2) is 7.14. The Labute approximate surface area is 137 Å². The Hall–Kier alpha value is -3.55. The van der Waals surface area contributed by atoms with Gasteiger partial charge in [-0.2, -0.15) is 0 Å². The van der Waals surface area contributed by atoms with Gasteiger partial charge >= 0.3 is 5.69 Å². The Bertz CT molecular complexity index is 826. The fraction of sp³-hybridized carbons (Fsp3) is 0.0625. The molecule has 0 unspecified atom stereocenters. The minimum atomic E-state index is -0.503. The number of nitrogens with zero attached hydrogens (tertiary/aromatic N) is 4. The third-order valence-corrected chi connectivity index (χ3v) is 3.25. The molecule has 2 heterocycles. The quantitative estimate of drug-likeness (QED) is 0.530. The Kier molecular flexibility index (Phi) is 4.57. The molecule has 8 nitrogen and oxygen atoms in total. The van der Waals surface area contributed by atoms with Gasteiger partial charge < -0.3 is 10.6 Å². The van der Waals surface area contributed by atoms with Crippen molar-refractivity contribution in [1.82, 2.24) is 15.0 Å². The van der Waals surface area contributed by atoms with Gasteiger partial charge in [-0.05, 0) is 17.7 Å². The highest BCUT2D eigenvalue weighted by molar-refractivity contribution is 5.73. The highest BCUT2D eigenvalue weighted by Gasteiger charge is 2.22. The minimum Gasteiger partial charge on any atom is -0.360 e. The molecule has 0 aliphatic heterocycles. The summed E-state index contributed by atoms with van der Waals surface area (Å²) in [5.41, 5.74) is 1.44. The summed E-state index contributed by atoms with van der Waals surface area (Å²) in [5, 5.41) is 17.4. The summed E-state index contributed by atoms with van der Waals surface area (Å²) in [5.74, 6) is 0.284. The molecule has 0 spiro atoms. The molecule has 0 radical (unpaired) electrons. The van der Waals surface area contributed by atoms with E-state index in [-0.39, 0.29) is 17.3 Å². The number of rotatable bonds is 6. The Morgan fingerprint density at radius 2 is 1.71 bits per heavy atom. The number of benzene rings is 1. The number of pyridine rings is 1. The largest absolute Gasteiger partial charge is 0.360 e. The summed E-state index contributed by atoms with van der Waals surface area (Å²) >= 11 is 0. The summed E-state index contributed by atoms with van der Waals surface area (Å²) < 4.78 is 0. The van der Waals surface area contributed by atoms with E-state index in [4.69, 9.17) is 0 Å². The topological polar surface area (TPSA) is 106 Å². The maximum Gasteiger partial charge on any atom is 0.353 e. The summed E-state index contributed by atoms with van der Waals surface area (Å²) in [6.45, 7) is 0.424. The van der Waals surface area contributed by atoms with E-state index in [1.54, 1.807) is 24.5 Å². The second-order valence-electron chi connectivity index (χ2n) is 4.88. The Balaban J connectivity index is 1.86. The predicted molar refractivity (Wildman–Crippen MR) is 90.0 cm³/mol. The van der Waals surface area contributed by atoms with Gasteiger partial charge in [-0.3, -0.25) is 15.1 Å². The normalized spacial score (nSPS) is 10.2. The SMILES string of the molecule is O=[N+]([O-])c1c(NCc2ccccc2)ncnc1Nc1ccncc1. The van der Waals surface area contributed by atoms with Crippen molar-refractivity contribution in [2.45, 2.75) is 6.54 Å². The average molecular weight is 322 g/mol. The number of nitro groups is 1. The lowest BCUT2D eigenvalue weighted by Gasteiger charge is -2.10. The standard InChI is InChI=1S/C16H14N6O2/c23-22(24)14-15(18-10-12-4-2-1-3-5-12)19-11-20-16(14)21-13-6-8-17-9-7-13/h1-9,11H,10H2,(H2,17,18,19,20,21). The number of aromatic nitrogens is 3. The van der Waals surface area contributed by atoms with Gasteiger partial charge in [-0.25, -0.2) is 9.97 Å². The fourth-order valence-electron chi connectivity index (χ4n) is 2.13. The lowest BCUT2D eigenvalue weighted by atomic mass is 10.2. The van der Waals surface area contributed by atoms with Crippen molar-refractivity contribution < 1.29 is 4.92 Å². The molecule has 1 aromatic carbocycles. The zero-order valence-corrected chi connectivity index (χ0v) is 12.6. The van der Waals surface area contributed by atoms with Gasteiger partial charge in [0.1, 0.15) is 6.33 Å². The van der Waals surface area contributed by atoms with Crippen LogP contribution in [-0.2, 0) is 6.54 Å². The number of hydrogen-bond acceptors (Lipinski definition) is 7. The van der Waals surface area contributed by atoms with E-state index in [0.717, 1.165) is 5.56 Å². The third kappa shape index (κ3) is 3.61. The predicted octanol–water partition coefficient (Wildman–Crippen LogP) is 3.14. The molecule has 0 saturated heterocycles. The maximum atomic E-state index is 11.5. The molecule has 3 aromatic rings. The van der Waals surface area contributed by atoms with Crippen LogP contribution < -0.4 is 10.6 Å². The molecular weight excluding hydrogens is 308 g/mol. The van der Waals surface area contributed by atoms with Gasteiger partial charge in [0.15, 0.2) is 0 Å². The van der Waals surface area contributed by atoms with Crippen LogP contribution in [0.15, 0.2) is 61.2 Å². The van der Waals surface area contributed by atoms with E-state index in [9.17, 15) is 10.1 Å².